The first-order chi connectivity index (χ1) is 20.4. The Bertz CT molecular complexity index is 1300. The van der Waals surface area contributed by atoms with Crippen LogP contribution in [0.15, 0.2) is 48.5 Å². The van der Waals surface area contributed by atoms with Gasteiger partial charge < -0.3 is 36.1 Å². The summed E-state index contributed by atoms with van der Waals surface area (Å²) >= 11 is 0. The number of nitrogens with one attached hydrogen (secondary N) is 5. The molecule has 2 aromatic carbocycles. The highest BCUT2D eigenvalue weighted by Gasteiger charge is 2.30. The van der Waals surface area contributed by atoms with E-state index in [0.717, 1.165) is 0 Å². The van der Waals surface area contributed by atoms with Crippen LogP contribution in [0.2, 0.25) is 0 Å². The molecule has 0 saturated heterocycles. The fourth-order valence-corrected chi connectivity index (χ4v) is 4.18. The Morgan fingerprint density at radius 1 is 0.977 bits per heavy atom. The number of carbonyl (C=O) groups excluding carboxylic acids is 5. The van der Waals surface area contributed by atoms with E-state index in [1.165, 1.54) is 37.3 Å². The van der Waals surface area contributed by atoms with Crippen molar-refractivity contribution in [1.82, 2.24) is 26.6 Å². The molecular weight excluding hydrogens is 561 g/mol. The molecule has 43 heavy (non-hydrogen) atoms. The van der Waals surface area contributed by atoms with Gasteiger partial charge in [-0.1, -0.05) is 26.0 Å². The number of hydrogen-bond donors (Lipinski definition) is 5. The van der Waals surface area contributed by atoms with Crippen molar-refractivity contribution >= 4 is 29.5 Å². The monoisotopic (exact) mass is 599 g/mol. The van der Waals surface area contributed by atoms with Gasteiger partial charge in [0, 0.05) is 0 Å². The van der Waals surface area contributed by atoms with Crippen molar-refractivity contribution in [2.24, 2.45) is 5.92 Å². The van der Waals surface area contributed by atoms with Gasteiger partial charge in [0.05, 0.1) is 24.6 Å². The lowest BCUT2D eigenvalue weighted by Gasteiger charge is -2.25. The number of halogens is 1. The number of para-hydroxylation sites is 1. The van der Waals surface area contributed by atoms with E-state index in [4.69, 9.17) is 9.47 Å². The second-order valence-electron chi connectivity index (χ2n) is 10.6. The minimum atomic E-state index is -1.32. The molecular formula is C30H38FN5O7. The summed E-state index contributed by atoms with van der Waals surface area (Å²) in [6.45, 7) is 6.81. The highest BCUT2D eigenvalue weighted by atomic mass is 19.1. The zero-order valence-corrected chi connectivity index (χ0v) is 24.6. The van der Waals surface area contributed by atoms with Gasteiger partial charge in [0.25, 0.3) is 5.91 Å². The summed E-state index contributed by atoms with van der Waals surface area (Å²) in [5, 5.41) is 13.2. The molecule has 4 atom stereocenters. The predicted molar refractivity (Wildman–Crippen MR) is 155 cm³/mol. The average molecular weight is 600 g/mol. The Morgan fingerprint density at radius 3 is 2.37 bits per heavy atom. The zero-order chi connectivity index (χ0) is 31.5. The van der Waals surface area contributed by atoms with E-state index < -0.39 is 65.9 Å². The molecule has 1 heterocycles. The molecule has 0 bridgehead atoms. The van der Waals surface area contributed by atoms with Crippen molar-refractivity contribution in [3.63, 3.8) is 0 Å². The van der Waals surface area contributed by atoms with Crippen LogP contribution < -0.4 is 36.1 Å². The molecule has 3 rings (SSSR count). The molecule has 5 N–H and O–H groups in total. The van der Waals surface area contributed by atoms with Gasteiger partial charge in [-0.25, -0.2) is 4.39 Å². The zero-order valence-electron chi connectivity index (χ0n) is 24.6. The maximum absolute atomic E-state index is 13.3. The second kappa shape index (κ2) is 15.5. The van der Waals surface area contributed by atoms with Crippen molar-refractivity contribution in [3.05, 3.63) is 59.9 Å². The topological polar surface area (TPSA) is 164 Å². The van der Waals surface area contributed by atoms with Crippen LogP contribution >= 0.6 is 0 Å². The molecule has 0 aromatic heterocycles. The second-order valence-corrected chi connectivity index (χ2v) is 10.6. The number of carbonyl (C=O) groups is 5. The molecule has 232 valence electrons. The van der Waals surface area contributed by atoms with E-state index >= 15 is 0 Å². The molecule has 0 saturated carbocycles. The third-order valence-corrected chi connectivity index (χ3v) is 6.52. The molecule has 0 radical (unpaired) electrons. The number of hydrogen-bond acceptors (Lipinski definition) is 7. The minimum Gasteiger partial charge on any atom is -0.492 e. The summed E-state index contributed by atoms with van der Waals surface area (Å²) in [6, 6.07) is 8.02. The number of ether oxygens (including phenoxy) is 2. The number of benzene rings is 2. The van der Waals surface area contributed by atoms with Crippen LogP contribution in [0, 0.1) is 11.7 Å². The Labute approximate surface area is 249 Å². The maximum Gasteiger partial charge on any atom is 0.255 e. The Hall–Kier alpha value is -4.68. The third-order valence-electron chi connectivity index (χ3n) is 6.52. The highest BCUT2D eigenvalue weighted by molar-refractivity contribution is 6.01. The molecule has 2 aromatic rings. The first kappa shape index (κ1) is 32.8. The van der Waals surface area contributed by atoms with E-state index in [-0.39, 0.29) is 37.0 Å². The maximum atomic E-state index is 13.3. The lowest BCUT2D eigenvalue weighted by atomic mass is 10.0. The summed E-state index contributed by atoms with van der Waals surface area (Å²) in [4.78, 5) is 65.2. The summed E-state index contributed by atoms with van der Waals surface area (Å²) < 4.78 is 24.4. The van der Waals surface area contributed by atoms with Gasteiger partial charge in [-0.05, 0) is 56.2 Å². The van der Waals surface area contributed by atoms with E-state index in [1.807, 2.05) is 0 Å². The normalized spacial score (nSPS) is 22.1. The fraction of sp³-hybridized carbons (Fsp3) is 0.433. The van der Waals surface area contributed by atoms with Gasteiger partial charge in [-0.2, -0.15) is 0 Å². The highest BCUT2D eigenvalue weighted by Crippen LogP contribution is 2.19. The van der Waals surface area contributed by atoms with Crippen molar-refractivity contribution in [3.8, 4) is 11.5 Å². The van der Waals surface area contributed by atoms with Gasteiger partial charge in [0.1, 0.15) is 48.7 Å². The van der Waals surface area contributed by atoms with Crippen LogP contribution in [0.3, 0.4) is 0 Å². The number of rotatable bonds is 6. The average Bonchev–Trinajstić information content (AvgIpc) is 2.96. The quantitative estimate of drug-likeness (QED) is 0.310. The van der Waals surface area contributed by atoms with Gasteiger partial charge in [-0.15, -0.1) is 0 Å². The summed E-state index contributed by atoms with van der Waals surface area (Å²) in [6.07, 6.45) is -0.484. The van der Waals surface area contributed by atoms with Crippen LogP contribution in [-0.2, 0) is 19.2 Å². The van der Waals surface area contributed by atoms with Gasteiger partial charge in [0.15, 0.2) is 0 Å². The number of amides is 5. The lowest BCUT2D eigenvalue weighted by Crippen LogP contribution is -2.56. The first-order valence-corrected chi connectivity index (χ1v) is 14.0. The van der Waals surface area contributed by atoms with Crippen LogP contribution in [0.4, 0.5) is 4.39 Å². The van der Waals surface area contributed by atoms with Crippen molar-refractivity contribution < 1.29 is 37.8 Å². The molecule has 0 unspecified atom stereocenters. The molecule has 0 aliphatic carbocycles. The molecule has 0 spiro atoms. The molecule has 12 nitrogen and oxygen atoms in total. The molecule has 1 aliphatic rings. The van der Waals surface area contributed by atoms with Crippen LogP contribution in [0.5, 0.6) is 11.5 Å². The van der Waals surface area contributed by atoms with Crippen molar-refractivity contribution in [2.75, 3.05) is 19.8 Å². The van der Waals surface area contributed by atoms with Crippen LogP contribution in [0.1, 0.15) is 44.5 Å². The van der Waals surface area contributed by atoms with E-state index in [9.17, 15) is 28.4 Å². The van der Waals surface area contributed by atoms with E-state index in [2.05, 4.69) is 26.6 Å². The Kier molecular flexibility index (Phi) is 11.8. The number of fused-ring (bicyclic) bond motifs is 1. The lowest BCUT2D eigenvalue weighted by molar-refractivity contribution is -0.133. The van der Waals surface area contributed by atoms with Crippen LogP contribution in [-0.4, -0.2) is 73.5 Å². The SMILES string of the molecule is CC(C)[C@H]1NC(=O)[C@H](C)NC(=O)C[C@@H](C(=O)NCCOc2ccc(F)cc2)NC(=O)c2ccccc2OC[C@H](C)NC1=O. The predicted octanol–water partition coefficient (Wildman–Crippen LogP) is 1.05. The smallest absolute Gasteiger partial charge is 0.255 e. The van der Waals surface area contributed by atoms with Crippen molar-refractivity contribution in [1.29, 1.82) is 0 Å². The third kappa shape index (κ3) is 9.97. The largest absolute Gasteiger partial charge is 0.492 e. The standard InChI is InChI=1S/C30H38FN5O7/c1-17(2)26-30(41)33-18(3)16-43-24-8-6-5-7-22(24)28(39)35-23(15-25(37)34-19(4)27(38)36-26)29(40)32-13-14-42-21-11-9-20(31)10-12-21/h5-12,17-19,23,26H,13-16H2,1-4H3,(H,32,40)(H,33,41)(H,34,37)(H,35,39)(H,36,38)/t18-,19-,23-,26+/m0/s1. The van der Waals surface area contributed by atoms with Crippen molar-refractivity contribution in [2.45, 2.75) is 58.3 Å². The van der Waals surface area contributed by atoms with E-state index in [0.29, 0.717) is 5.75 Å². The summed E-state index contributed by atoms with van der Waals surface area (Å²) in [5.74, 6) is -3.09. The molecule has 13 heteroatoms. The summed E-state index contributed by atoms with van der Waals surface area (Å²) in [7, 11) is 0. The fourth-order valence-electron chi connectivity index (χ4n) is 4.18. The minimum absolute atomic E-state index is 0.0171. The van der Waals surface area contributed by atoms with Crippen LogP contribution in [0.25, 0.3) is 0 Å². The first-order valence-electron chi connectivity index (χ1n) is 14.0. The Morgan fingerprint density at radius 2 is 1.67 bits per heavy atom. The summed E-state index contributed by atoms with van der Waals surface area (Å²) in [5.41, 5.74) is 0.119. The van der Waals surface area contributed by atoms with Gasteiger partial charge in [0.2, 0.25) is 23.6 Å². The van der Waals surface area contributed by atoms with E-state index in [1.54, 1.807) is 39.0 Å². The molecule has 5 amide bonds. The molecule has 0 fully saturated rings. The van der Waals surface area contributed by atoms with Gasteiger partial charge in [-0.3, -0.25) is 24.0 Å². The Balaban J connectivity index is 1.79. The van der Waals surface area contributed by atoms with Gasteiger partial charge >= 0.3 is 0 Å². The molecule has 1 aliphatic heterocycles.